The van der Waals surface area contributed by atoms with Crippen LogP contribution in [-0.2, 0) is 14.2 Å². The molecule has 17 heavy (non-hydrogen) atoms. The number of fused-ring (bicyclic) bond motifs is 1. The third-order valence-electron chi connectivity index (χ3n) is 3.23. The molecule has 2 fully saturated rings. The predicted octanol–water partition coefficient (Wildman–Crippen LogP) is 0.180. The third kappa shape index (κ3) is 1.67. The van der Waals surface area contributed by atoms with Crippen LogP contribution >= 0.6 is 0 Å². The summed E-state index contributed by atoms with van der Waals surface area (Å²) in [6, 6.07) is 9.43. The molecule has 1 aromatic carbocycles. The Balaban J connectivity index is 1.85. The molecule has 2 saturated heterocycles. The van der Waals surface area contributed by atoms with Crippen molar-refractivity contribution in [3.05, 3.63) is 35.9 Å². The van der Waals surface area contributed by atoms with Crippen molar-refractivity contribution in [1.29, 1.82) is 0 Å². The minimum Gasteiger partial charge on any atom is -0.393 e. The predicted molar refractivity (Wildman–Crippen MR) is 56.9 cm³/mol. The molecule has 3 rings (SSSR count). The fourth-order valence-corrected chi connectivity index (χ4v) is 2.25. The van der Waals surface area contributed by atoms with Gasteiger partial charge >= 0.3 is 0 Å². The molecule has 0 bridgehead atoms. The summed E-state index contributed by atoms with van der Waals surface area (Å²) in [5, 5.41) is 19.0. The average molecular weight is 238 g/mol. The van der Waals surface area contributed by atoms with Crippen LogP contribution in [0.3, 0.4) is 0 Å². The van der Waals surface area contributed by atoms with Crippen molar-refractivity contribution in [2.24, 2.45) is 0 Å². The van der Waals surface area contributed by atoms with E-state index < -0.39 is 24.3 Å². The molecule has 0 radical (unpaired) electrons. The molecule has 1 aromatic rings. The highest BCUT2D eigenvalue weighted by Gasteiger charge is 2.58. The standard InChI is InChI=1S/C12H14O5/c13-6-12-7-15-10(14)9(12)16-11(17-12)8-4-2-1-3-5-8/h1-5,9-11,13-14H,6-7H2/t9-,10-,11?,12+/m1/s1. The van der Waals surface area contributed by atoms with Gasteiger partial charge in [0.05, 0.1) is 13.2 Å². The van der Waals surface area contributed by atoms with E-state index in [1.54, 1.807) is 0 Å². The summed E-state index contributed by atoms with van der Waals surface area (Å²) < 4.78 is 16.4. The van der Waals surface area contributed by atoms with Crippen LogP contribution in [0.4, 0.5) is 0 Å². The van der Waals surface area contributed by atoms with Gasteiger partial charge in [-0.05, 0) is 0 Å². The Labute approximate surface area is 98.5 Å². The Bertz CT molecular complexity index is 395. The molecular weight excluding hydrogens is 224 g/mol. The van der Waals surface area contributed by atoms with Crippen molar-refractivity contribution in [1.82, 2.24) is 0 Å². The zero-order valence-corrected chi connectivity index (χ0v) is 9.15. The molecule has 5 nitrogen and oxygen atoms in total. The maximum atomic E-state index is 9.62. The lowest BCUT2D eigenvalue weighted by Crippen LogP contribution is -2.44. The van der Waals surface area contributed by atoms with Gasteiger partial charge in [-0.15, -0.1) is 0 Å². The first kappa shape index (κ1) is 11.1. The molecule has 0 spiro atoms. The highest BCUT2D eigenvalue weighted by molar-refractivity contribution is 5.18. The first-order valence-electron chi connectivity index (χ1n) is 5.54. The van der Waals surface area contributed by atoms with Crippen LogP contribution in [-0.4, -0.2) is 41.4 Å². The number of hydrogen-bond acceptors (Lipinski definition) is 5. The Hall–Kier alpha value is -0.980. The fourth-order valence-electron chi connectivity index (χ4n) is 2.25. The molecule has 2 aliphatic heterocycles. The molecule has 0 aromatic heterocycles. The molecule has 5 heteroatoms. The lowest BCUT2D eigenvalue weighted by Gasteiger charge is -2.21. The quantitative estimate of drug-likeness (QED) is 0.769. The van der Waals surface area contributed by atoms with Crippen molar-refractivity contribution >= 4 is 0 Å². The van der Waals surface area contributed by atoms with Crippen LogP contribution in [0.25, 0.3) is 0 Å². The number of rotatable bonds is 2. The van der Waals surface area contributed by atoms with Gasteiger partial charge in [-0.2, -0.15) is 0 Å². The summed E-state index contributed by atoms with van der Waals surface area (Å²) in [5.74, 6) is 0. The number of hydrogen-bond donors (Lipinski definition) is 2. The summed E-state index contributed by atoms with van der Waals surface area (Å²) in [4.78, 5) is 0. The van der Waals surface area contributed by atoms with E-state index in [0.29, 0.717) is 0 Å². The van der Waals surface area contributed by atoms with E-state index in [-0.39, 0.29) is 13.2 Å². The molecule has 4 atom stereocenters. The first-order valence-corrected chi connectivity index (χ1v) is 5.54. The van der Waals surface area contributed by atoms with Crippen LogP contribution < -0.4 is 0 Å². The van der Waals surface area contributed by atoms with E-state index >= 15 is 0 Å². The van der Waals surface area contributed by atoms with Crippen LogP contribution in [0.5, 0.6) is 0 Å². The van der Waals surface area contributed by atoms with Crippen molar-refractivity contribution in [2.45, 2.75) is 24.3 Å². The summed E-state index contributed by atoms with van der Waals surface area (Å²) in [6.07, 6.45) is -2.25. The molecule has 92 valence electrons. The zero-order valence-electron chi connectivity index (χ0n) is 9.15. The molecule has 2 aliphatic rings. The van der Waals surface area contributed by atoms with Gasteiger partial charge in [0.2, 0.25) is 0 Å². The highest BCUT2D eigenvalue weighted by Crippen LogP contribution is 2.43. The highest BCUT2D eigenvalue weighted by atomic mass is 16.8. The third-order valence-corrected chi connectivity index (χ3v) is 3.23. The van der Waals surface area contributed by atoms with E-state index in [1.807, 2.05) is 30.3 Å². The molecule has 2 N–H and O–H groups in total. The van der Waals surface area contributed by atoms with Gasteiger partial charge in [0, 0.05) is 5.56 Å². The van der Waals surface area contributed by atoms with Gasteiger partial charge in [0.1, 0.15) is 11.7 Å². The maximum Gasteiger partial charge on any atom is 0.185 e. The summed E-state index contributed by atoms with van der Waals surface area (Å²) in [7, 11) is 0. The number of ether oxygens (including phenoxy) is 3. The molecule has 2 heterocycles. The van der Waals surface area contributed by atoms with Crippen molar-refractivity contribution in [2.75, 3.05) is 13.2 Å². The van der Waals surface area contributed by atoms with Crippen LogP contribution in [0, 0.1) is 0 Å². The van der Waals surface area contributed by atoms with Gasteiger partial charge in [0.15, 0.2) is 12.6 Å². The Kier molecular flexibility index (Phi) is 2.65. The Morgan fingerprint density at radius 2 is 2.06 bits per heavy atom. The minimum absolute atomic E-state index is 0.138. The van der Waals surface area contributed by atoms with Gasteiger partial charge in [0.25, 0.3) is 0 Å². The van der Waals surface area contributed by atoms with E-state index in [0.717, 1.165) is 5.56 Å². The monoisotopic (exact) mass is 238 g/mol. The van der Waals surface area contributed by atoms with E-state index in [1.165, 1.54) is 0 Å². The Morgan fingerprint density at radius 3 is 2.71 bits per heavy atom. The molecule has 0 saturated carbocycles. The largest absolute Gasteiger partial charge is 0.393 e. The number of benzene rings is 1. The average Bonchev–Trinajstić information content (AvgIpc) is 2.89. The second-order valence-corrected chi connectivity index (χ2v) is 4.34. The molecule has 0 aliphatic carbocycles. The SMILES string of the molecule is OC[C@]12CO[C@@H](O)[C@H]1OC(c1ccccc1)O2. The van der Waals surface area contributed by atoms with E-state index in [2.05, 4.69) is 0 Å². The van der Waals surface area contributed by atoms with Gasteiger partial charge < -0.3 is 24.4 Å². The number of aliphatic hydroxyl groups excluding tert-OH is 2. The van der Waals surface area contributed by atoms with E-state index in [9.17, 15) is 10.2 Å². The van der Waals surface area contributed by atoms with Crippen molar-refractivity contribution in [3.8, 4) is 0 Å². The topological polar surface area (TPSA) is 68.2 Å². The second-order valence-electron chi connectivity index (χ2n) is 4.34. The lowest BCUT2D eigenvalue weighted by molar-refractivity contribution is -0.174. The second kappa shape index (κ2) is 4.04. The van der Waals surface area contributed by atoms with Crippen LogP contribution in [0.15, 0.2) is 30.3 Å². The van der Waals surface area contributed by atoms with Gasteiger partial charge in [-0.25, -0.2) is 0 Å². The molecular formula is C12H14O5. The summed E-state index contributed by atoms with van der Waals surface area (Å²) in [6.45, 7) is -0.100. The van der Waals surface area contributed by atoms with Crippen molar-refractivity contribution in [3.63, 3.8) is 0 Å². The van der Waals surface area contributed by atoms with Crippen molar-refractivity contribution < 1.29 is 24.4 Å². The molecule has 0 amide bonds. The summed E-state index contributed by atoms with van der Waals surface area (Å²) >= 11 is 0. The van der Waals surface area contributed by atoms with E-state index in [4.69, 9.17) is 14.2 Å². The fraction of sp³-hybridized carbons (Fsp3) is 0.500. The summed E-state index contributed by atoms with van der Waals surface area (Å²) in [5.41, 5.74) is -0.0816. The normalized spacial score (nSPS) is 40.5. The smallest absolute Gasteiger partial charge is 0.185 e. The Morgan fingerprint density at radius 1 is 1.29 bits per heavy atom. The van der Waals surface area contributed by atoms with Gasteiger partial charge in [-0.3, -0.25) is 0 Å². The zero-order chi connectivity index (χ0) is 11.9. The maximum absolute atomic E-state index is 9.62. The van der Waals surface area contributed by atoms with Gasteiger partial charge in [-0.1, -0.05) is 30.3 Å². The number of aliphatic hydroxyl groups is 2. The van der Waals surface area contributed by atoms with Crippen LogP contribution in [0.2, 0.25) is 0 Å². The lowest BCUT2D eigenvalue weighted by atomic mass is 10.0. The molecule has 1 unspecified atom stereocenters. The van der Waals surface area contributed by atoms with Crippen LogP contribution in [0.1, 0.15) is 11.9 Å². The minimum atomic E-state index is -1.05. The first-order chi connectivity index (χ1) is 8.25.